The zero-order valence-corrected chi connectivity index (χ0v) is 14.5. The van der Waals surface area contributed by atoms with Crippen LogP contribution in [0.3, 0.4) is 0 Å². The van der Waals surface area contributed by atoms with Crippen molar-refractivity contribution in [2.45, 2.75) is 53.5 Å². The maximum atomic E-state index is 12.4. The highest BCUT2D eigenvalue weighted by molar-refractivity contribution is 6.30. The Balaban J connectivity index is 2.12. The number of carbonyl (C=O) groups is 1. The van der Waals surface area contributed by atoms with Crippen LogP contribution in [0.15, 0.2) is 0 Å². The van der Waals surface area contributed by atoms with Gasteiger partial charge in [0.05, 0.1) is 12.2 Å². The second kappa shape index (κ2) is 5.99. The van der Waals surface area contributed by atoms with E-state index in [2.05, 4.69) is 25.9 Å². The monoisotopic (exact) mass is 311 g/mol. The lowest BCUT2D eigenvalue weighted by molar-refractivity contribution is -0.131. The summed E-state index contributed by atoms with van der Waals surface area (Å²) in [4.78, 5) is 14.3. The van der Waals surface area contributed by atoms with Crippen LogP contribution in [-0.4, -0.2) is 27.1 Å². The lowest BCUT2D eigenvalue weighted by atomic mass is 9.77. The van der Waals surface area contributed by atoms with Crippen LogP contribution in [0.4, 0.5) is 0 Å². The third-order valence-corrected chi connectivity index (χ3v) is 5.12. The number of amides is 1. The molecular formula is C16H26ClN3O. The van der Waals surface area contributed by atoms with Gasteiger partial charge in [-0.3, -0.25) is 9.48 Å². The molecule has 0 saturated carbocycles. The Labute approximate surface area is 132 Å². The van der Waals surface area contributed by atoms with E-state index < -0.39 is 0 Å². The molecule has 4 nitrogen and oxygen atoms in total. The molecule has 1 atom stereocenters. The van der Waals surface area contributed by atoms with E-state index in [1.54, 1.807) is 4.68 Å². The van der Waals surface area contributed by atoms with Crippen LogP contribution < -0.4 is 0 Å². The van der Waals surface area contributed by atoms with E-state index in [-0.39, 0.29) is 11.3 Å². The van der Waals surface area contributed by atoms with E-state index >= 15 is 0 Å². The van der Waals surface area contributed by atoms with Gasteiger partial charge in [0.2, 0.25) is 5.91 Å². The molecule has 5 heteroatoms. The van der Waals surface area contributed by atoms with Crippen molar-refractivity contribution in [3.8, 4) is 0 Å². The molecule has 2 rings (SSSR count). The minimum absolute atomic E-state index is 0.237. The van der Waals surface area contributed by atoms with Crippen LogP contribution in [0.2, 0.25) is 5.15 Å². The second-order valence-corrected chi connectivity index (χ2v) is 7.54. The first-order chi connectivity index (χ1) is 9.70. The maximum Gasteiger partial charge on any atom is 0.222 e. The summed E-state index contributed by atoms with van der Waals surface area (Å²) in [6.45, 7) is 10.1. The summed E-state index contributed by atoms with van der Waals surface area (Å²) in [5.74, 6) is 0.831. The molecule has 0 N–H and O–H groups in total. The van der Waals surface area contributed by atoms with Gasteiger partial charge in [-0.15, -0.1) is 0 Å². The predicted molar refractivity (Wildman–Crippen MR) is 85.2 cm³/mol. The molecule has 1 aromatic rings. The van der Waals surface area contributed by atoms with Crippen LogP contribution in [-0.2, 0) is 18.4 Å². The van der Waals surface area contributed by atoms with Crippen molar-refractivity contribution < 1.29 is 4.79 Å². The molecule has 1 aliphatic rings. The molecule has 0 aliphatic carbocycles. The average molecular weight is 312 g/mol. The van der Waals surface area contributed by atoms with Gasteiger partial charge < -0.3 is 4.90 Å². The van der Waals surface area contributed by atoms with Gasteiger partial charge >= 0.3 is 0 Å². The van der Waals surface area contributed by atoms with Crippen molar-refractivity contribution in [2.24, 2.45) is 18.4 Å². The normalized spacial score (nSPS) is 20.8. The minimum Gasteiger partial charge on any atom is -0.338 e. The summed E-state index contributed by atoms with van der Waals surface area (Å²) in [6.07, 6.45) is 2.68. The van der Waals surface area contributed by atoms with E-state index in [1.165, 1.54) is 0 Å². The fourth-order valence-electron chi connectivity index (χ4n) is 3.11. The molecule has 21 heavy (non-hydrogen) atoms. The molecule has 1 fully saturated rings. The van der Waals surface area contributed by atoms with Crippen LogP contribution >= 0.6 is 11.6 Å². The Morgan fingerprint density at radius 2 is 2.00 bits per heavy atom. The number of carbonyl (C=O) groups excluding carboxylic acids is 1. The summed E-state index contributed by atoms with van der Waals surface area (Å²) in [5, 5.41) is 4.96. The molecule has 0 aromatic carbocycles. The number of rotatable bonds is 2. The average Bonchev–Trinajstić information content (AvgIpc) is 2.53. The molecule has 1 aliphatic heterocycles. The van der Waals surface area contributed by atoms with Crippen LogP contribution in [0.25, 0.3) is 0 Å². The van der Waals surface area contributed by atoms with Crippen LogP contribution in [0, 0.1) is 18.3 Å². The Morgan fingerprint density at radius 3 is 2.52 bits per heavy atom. The Kier molecular flexibility index (Phi) is 4.66. The van der Waals surface area contributed by atoms with Gasteiger partial charge in [-0.1, -0.05) is 32.4 Å². The Hall–Kier alpha value is -1.03. The summed E-state index contributed by atoms with van der Waals surface area (Å²) < 4.78 is 1.67. The van der Waals surface area contributed by atoms with Gasteiger partial charge in [0, 0.05) is 25.6 Å². The lowest BCUT2D eigenvalue weighted by Gasteiger charge is -2.29. The molecule has 1 amide bonds. The largest absolute Gasteiger partial charge is 0.338 e. The number of likely N-dealkylation sites (tertiary alicyclic amines) is 1. The number of aromatic nitrogens is 2. The number of halogens is 1. The molecule has 1 unspecified atom stereocenters. The van der Waals surface area contributed by atoms with E-state index in [4.69, 9.17) is 11.6 Å². The topological polar surface area (TPSA) is 38.1 Å². The first-order valence-electron chi connectivity index (χ1n) is 7.66. The molecular weight excluding hydrogens is 286 g/mol. The highest BCUT2D eigenvalue weighted by Gasteiger charge is 2.30. The van der Waals surface area contributed by atoms with E-state index in [0.29, 0.717) is 24.0 Å². The Bertz CT molecular complexity index is 530. The number of aryl methyl sites for hydroxylation is 2. The minimum atomic E-state index is 0.237. The quantitative estimate of drug-likeness (QED) is 0.837. The highest BCUT2D eigenvalue weighted by atomic mass is 35.5. The Morgan fingerprint density at radius 1 is 1.33 bits per heavy atom. The van der Waals surface area contributed by atoms with Gasteiger partial charge in [-0.2, -0.15) is 5.10 Å². The maximum absolute atomic E-state index is 12.4. The lowest BCUT2D eigenvalue weighted by Crippen LogP contribution is -2.30. The van der Waals surface area contributed by atoms with E-state index in [0.717, 1.165) is 30.6 Å². The predicted octanol–water partition coefficient (Wildman–Crippen LogP) is 3.56. The molecule has 0 radical (unpaired) electrons. The fourth-order valence-corrected chi connectivity index (χ4v) is 3.35. The molecule has 118 valence electrons. The summed E-state index contributed by atoms with van der Waals surface area (Å²) in [5.41, 5.74) is 2.15. The molecule has 1 aromatic heterocycles. The summed E-state index contributed by atoms with van der Waals surface area (Å²) in [6, 6.07) is 0. The summed E-state index contributed by atoms with van der Waals surface area (Å²) >= 11 is 6.29. The second-order valence-electron chi connectivity index (χ2n) is 7.18. The van der Waals surface area contributed by atoms with Gasteiger partial charge in [-0.05, 0) is 31.1 Å². The molecule has 2 heterocycles. The standard InChI is InChI=1S/C16H26ClN3O/c1-11-13(15(17)19(5)18-11)10-20-9-8-12(16(2,3)4)6-7-14(20)21/h12H,6-10H2,1-5H3. The third kappa shape index (κ3) is 3.60. The number of nitrogens with zero attached hydrogens (tertiary/aromatic N) is 3. The van der Waals surface area contributed by atoms with Crippen molar-refractivity contribution in [1.29, 1.82) is 0 Å². The molecule has 1 saturated heterocycles. The smallest absolute Gasteiger partial charge is 0.222 e. The number of hydrogen-bond donors (Lipinski definition) is 0. The summed E-state index contributed by atoms with van der Waals surface area (Å²) in [7, 11) is 1.83. The van der Waals surface area contributed by atoms with Crippen molar-refractivity contribution >= 4 is 17.5 Å². The van der Waals surface area contributed by atoms with Gasteiger partial charge in [0.25, 0.3) is 0 Å². The molecule has 0 spiro atoms. The van der Waals surface area contributed by atoms with Crippen LogP contribution in [0.5, 0.6) is 0 Å². The van der Waals surface area contributed by atoms with Gasteiger partial charge in [-0.25, -0.2) is 0 Å². The zero-order valence-electron chi connectivity index (χ0n) is 13.7. The van der Waals surface area contributed by atoms with E-state index in [9.17, 15) is 4.79 Å². The molecule has 0 bridgehead atoms. The first-order valence-corrected chi connectivity index (χ1v) is 8.03. The SMILES string of the molecule is Cc1nn(C)c(Cl)c1CN1CCC(C(C)(C)C)CCC1=O. The van der Waals surface area contributed by atoms with Crippen molar-refractivity contribution in [1.82, 2.24) is 14.7 Å². The van der Waals surface area contributed by atoms with Crippen molar-refractivity contribution in [3.63, 3.8) is 0 Å². The van der Waals surface area contributed by atoms with Gasteiger partial charge in [0.1, 0.15) is 5.15 Å². The zero-order chi connectivity index (χ0) is 15.8. The van der Waals surface area contributed by atoms with E-state index in [1.807, 2.05) is 18.9 Å². The van der Waals surface area contributed by atoms with Crippen LogP contribution in [0.1, 0.15) is 51.3 Å². The number of hydrogen-bond acceptors (Lipinski definition) is 2. The fraction of sp³-hybridized carbons (Fsp3) is 0.750. The highest BCUT2D eigenvalue weighted by Crippen LogP contribution is 2.35. The van der Waals surface area contributed by atoms with Gasteiger partial charge in [0.15, 0.2) is 0 Å². The third-order valence-electron chi connectivity index (χ3n) is 4.65. The van der Waals surface area contributed by atoms with Crippen molar-refractivity contribution in [3.05, 3.63) is 16.4 Å². The first kappa shape index (κ1) is 16.3. The van der Waals surface area contributed by atoms with Crippen molar-refractivity contribution in [2.75, 3.05) is 6.54 Å².